The minimum Gasteiger partial charge on any atom is -0.469 e. The lowest BCUT2D eigenvalue weighted by atomic mass is 10.0. The highest BCUT2D eigenvalue weighted by Crippen LogP contribution is 2.14. The molecule has 0 amide bonds. The molecule has 0 radical (unpaired) electrons. The van der Waals surface area contributed by atoms with Crippen molar-refractivity contribution >= 4 is 5.97 Å². The van der Waals surface area contributed by atoms with Gasteiger partial charge in [0, 0.05) is 6.42 Å². The summed E-state index contributed by atoms with van der Waals surface area (Å²) >= 11 is 0. The van der Waals surface area contributed by atoms with Gasteiger partial charge in [-0.3, -0.25) is 4.79 Å². The number of unbranched alkanes of at least 4 members (excludes halogenated alkanes) is 13. The predicted octanol–water partition coefficient (Wildman–Crippen LogP) is 7.06. The Morgan fingerprint density at radius 1 is 0.652 bits per heavy atom. The second-order valence-corrected chi connectivity index (χ2v) is 7.46. The Balaban J connectivity index is 3.01. The van der Waals surface area contributed by atoms with E-state index in [9.17, 15) is 4.79 Å². The molecule has 138 valence electrons. The van der Waals surface area contributed by atoms with Gasteiger partial charge in [-0.2, -0.15) is 0 Å². The number of rotatable bonds is 17. The van der Waals surface area contributed by atoms with E-state index in [1.165, 1.54) is 97.0 Å². The van der Waals surface area contributed by atoms with Gasteiger partial charge < -0.3 is 4.74 Å². The maximum Gasteiger partial charge on any atom is 0.305 e. The number of esters is 1. The molecule has 0 aliphatic carbocycles. The van der Waals surface area contributed by atoms with E-state index in [1.54, 1.807) is 0 Å². The quantitative estimate of drug-likeness (QED) is 0.211. The molecule has 0 heterocycles. The minimum absolute atomic E-state index is 0.0649. The molecule has 0 unspecified atom stereocenters. The van der Waals surface area contributed by atoms with Crippen molar-refractivity contribution in [1.82, 2.24) is 0 Å². The molecule has 0 aromatic heterocycles. The third-order valence-electron chi connectivity index (χ3n) is 4.64. The van der Waals surface area contributed by atoms with Crippen molar-refractivity contribution in [2.45, 2.75) is 117 Å². The fourth-order valence-electron chi connectivity index (χ4n) is 3.05. The topological polar surface area (TPSA) is 26.3 Å². The van der Waals surface area contributed by atoms with Crippen LogP contribution in [-0.2, 0) is 9.53 Å². The highest BCUT2D eigenvalue weighted by Gasteiger charge is 1.99. The molecule has 0 aromatic carbocycles. The van der Waals surface area contributed by atoms with Gasteiger partial charge in [0.15, 0.2) is 0 Å². The van der Waals surface area contributed by atoms with Crippen LogP contribution in [0.5, 0.6) is 0 Å². The molecule has 2 heteroatoms. The predicted molar refractivity (Wildman–Crippen MR) is 101 cm³/mol. The van der Waals surface area contributed by atoms with Crippen LogP contribution >= 0.6 is 0 Å². The summed E-state index contributed by atoms with van der Waals surface area (Å²) in [5.41, 5.74) is 0. The van der Waals surface area contributed by atoms with Crippen LogP contribution in [0.15, 0.2) is 0 Å². The van der Waals surface area contributed by atoms with Gasteiger partial charge in [-0.1, -0.05) is 104 Å². The standard InChI is InChI=1S/C21H42O2/c1-20(2)18-16-14-12-10-8-6-4-5-7-9-11-13-15-17-19-21(22)23-3/h20H,4-19H2,1-3H3. The van der Waals surface area contributed by atoms with E-state index < -0.39 is 0 Å². The zero-order valence-electron chi connectivity index (χ0n) is 16.2. The van der Waals surface area contributed by atoms with Crippen LogP contribution in [0.4, 0.5) is 0 Å². The summed E-state index contributed by atoms with van der Waals surface area (Å²) in [6.07, 6.45) is 21.0. The molecule has 0 aliphatic rings. The largest absolute Gasteiger partial charge is 0.469 e. The number of carbonyl (C=O) groups is 1. The average molecular weight is 327 g/mol. The Labute approximate surface area is 145 Å². The van der Waals surface area contributed by atoms with E-state index in [2.05, 4.69) is 18.6 Å². The summed E-state index contributed by atoms with van der Waals surface area (Å²) in [7, 11) is 1.47. The van der Waals surface area contributed by atoms with Gasteiger partial charge in [0.25, 0.3) is 0 Å². The van der Waals surface area contributed by atoms with Crippen molar-refractivity contribution in [2.24, 2.45) is 5.92 Å². The molecule has 0 fully saturated rings. The smallest absolute Gasteiger partial charge is 0.305 e. The van der Waals surface area contributed by atoms with Crippen molar-refractivity contribution in [3.05, 3.63) is 0 Å². The Hall–Kier alpha value is -0.530. The SMILES string of the molecule is COC(=O)CCCCCCCCCCCCCCCCC(C)C. The van der Waals surface area contributed by atoms with Crippen LogP contribution in [-0.4, -0.2) is 13.1 Å². The van der Waals surface area contributed by atoms with Crippen molar-refractivity contribution in [3.63, 3.8) is 0 Å². The molecule has 0 rings (SSSR count). The number of ether oxygens (including phenoxy) is 1. The summed E-state index contributed by atoms with van der Waals surface area (Å²) in [4.78, 5) is 11.0. The van der Waals surface area contributed by atoms with Gasteiger partial charge in [0.2, 0.25) is 0 Å². The molecule has 23 heavy (non-hydrogen) atoms. The first kappa shape index (κ1) is 22.5. The van der Waals surface area contributed by atoms with Crippen LogP contribution in [0.25, 0.3) is 0 Å². The molecule has 0 saturated carbocycles. The maximum atomic E-state index is 11.0. The first-order valence-corrected chi connectivity index (χ1v) is 10.2. The van der Waals surface area contributed by atoms with Crippen molar-refractivity contribution in [3.8, 4) is 0 Å². The molecule has 0 saturated heterocycles. The van der Waals surface area contributed by atoms with Crippen molar-refractivity contribution < 1.29 is 9.53 Å². The van der Waals surface area contributed by atoms with Crippen molar-refractivity contribution in [2.75, 3.05) is 7.11 Å². The Kier molecular flexibility index (Phi) is 17.4. The third kappa shape index (κ3) is 19.4. The first-order chi connectivity index (χ1) is 11.2. The van der Waals surface area contributed by atoms with Gasteiger partial charge in [-0.05, 0) is 12.3 Å². The normalized spacial score (nSPS) is 11.1. The van der Waals surface area contributed by atoms with Crippen LogP contribution in [0, 0.1) is 5.92 Å². The fourth-order valence-corrected chi connectivity index (χ4v) is 3.05. The molecule has 0 bridgehead atoms. The molecule has 0 aliphatic heterocycles. The fraction of sp³-hybridized carbons (Fsp3) is 0.952. The number of carbonyl (C=O) groups excluding carboxylic acids is 1. The zero-order valence-corrected chi connectivity index (χ0v) is 16.2. The Morgan fingerprint density at radius 3 is 1.35 bits per heavy atom. The van der Waals surface area contributed by atoms with Crippen LogP contribution in [0.2, 0.25) is 0 Å². The van der Waals surface area contributed by atoms with Gasteiger partial charge in [0.1, 0.15) is 0 Å². The van der Waals surface area contributed by atoms with Crippen molar-refractivity contribution in [1.29, 1.82) is 0 Å². The minimum atomic E-state index is -0.0649. The van der Waals surface area contributed by atoms with Crippen LogP contribution < -0.4 is 0 Å². The number of methoxy groups -OCH3 is 1. The molecular formula is C21H42O2. The van der Waals surface area contributed by atoms with E-state index in [0.29, 0.717) is 6.42 Å². The summed E-state index contributed by atoms with van der Waals surface area (Å²) in [6, 6.07) is 0. The lowest BCUT2D eigenvalue weighted by molar-refractivity contribution is -0.140. The van der Waals surface area contributed by atoms with Gasteiger partial charge in [0.05, 0.1) is 7.11 Å². The number of hydrogen-bond acceptors (Lipinski definition) is 2. The molecular weight excluding hydrogens is 284 g/mol. The van der Waals surface area contributed by atoms with Gasteiger partial charge in [-0.25, -0.2) is 0 Å². The van der Waals surface area contributed by atoms with E-state index in [0.717, 1.165) is 12.3 Å². The average Bonchev–Trinajstić information content (AvgIpc) is 2.53. The third-order valence-corrected chi connectivity index (χ3v) is 4.64. The molecule has 0 aromatic rings. The molecule has 2 nitrogen and oxygen atoms in total. The van der Waals surface area contributed by atoms with Crippen LogP contribution in [0.1, 0.15) is 117 Å². The highest BCUT2D eigenvalue weighted by atomic mass is 16.5. The molecule has 0 atom stereocenters. The van der Waals surface area contributed by atoms with Gasteiger partial charge in [-0.15, -0.1) is 0 Å². The second kappa shape index (κ2) is 17.8. The molecule has 0 N–H and O–H groups in total. The summed E-state index contributed by atoms with van der Waals surface area (Å²) in [6.45, 7) is 4.64. The lowest BCUT2D eigenvalue weighted by Crippen LogP contribution is -1.99. The monoisotopic (exact) mass is 326 g/mol. The summed E-state index contributed by atoms with van der Waals surface area (Å²) in [5.74, 6) is 0.813. The van der Waals surface area contributed by atoms with E-state index in [4.69, 9.17) is 0 Å². The van der Waals surface area contributed by atoms with Crippen LogP contribution in [0.3, 0.4) is 0 Å². The van der Waals surface area contributed by atoms with E-state index in [1.807, 2.05) is 0 Å². The lowest BCUT2D eigenvalue weighted by Gasteiger charge is -2.05. The van der Waals surface area contributed by atoms with E-state index in [-0.39, 0.29) is 5.97 Å². The maximum absolute atomic E-state index is 11.0. The summed E-state index contributed by atoms with van der Waals surface area (Å²) < 4.78 is 4.64. The second-order valence-electron chi connectivity index (χ2n) is 7.46. The highest BCUT2D eigenvalue weighted by molar-refractivity contribution is 5.68. The van der Waals surface area contributed by atoms with Gasteiger partial charge >= 0.3 is 5.97 Å². The first-order valence-electron chi connectivity index (χ1n) is 10.2. The summed E-state index contributed by atoms with van der Waals surface area (Å²) in [5, 5.41) is 0. The Morgan fingerprint density at radius 2 is 1.00 bits per heavy atom. The number of hydrogen-bond donors (Lipinski definition) is 0. The van der Waals surface area contributed by atoms with E-state index >= 15 is 0 Å². The zero-order chi connectivity index (χ0) is 17.2. The Bertz CT molecular complexity index is 248. The molecule has 0 spiro atoms.